The quantitative estimate of drug-likeness (QED) is 0.798. The van der Waals surface area contributed by atoms with Gasteiger partial charge in [0.1, 0.15) is 5.75 Å². The summed E-state index contributed by atoms with van der Waals surface area (Å²) in [5, 5.41) is 3.23. The molecule has 0 saturated heterocycles. The molecule has 3 nitrogen and oxygen atoms in total. The minimum absolute atomic E-state index is 0.229. The van der Waals surface area contributed by atoms with Crippen molar-refractivity contribution in [2.24, 2.45) is 0 Å². The monoisotopic (exact) mass is 221 g/mol. The van der Waals surface area contributed by atoms with Gasteiger partial charge in [-0.2, -0.15) is 0 Å². The van der Waals surface area contributed by atoms with E-state index in [-0.39, 0.29) is 6.04 Å². The summed E-state index contributed by atoms with van der Waals surface area (Å²) >= 11 is 0. The highest BCUT2D eigenvalue weighted by Gasteiger charge is 2.23. The summed E-state index contributed by atoms with van der Waals surface area (Å²) in [6.07, 6.45) is 2.83. The lowest BCUT2D eigenvalue weighted by molar-refractivity contribution is 0.170. The number of ether oxygens (including phenoxy) is 2. The molecule has 1 aliphatic carbocycles. The normalized spacial score (nSPS) is 17.1. The van der Waals surface area contributed by atoms with Gasteiger partial charge in [0.15, 0.2) is 0 Å². The van der Waals surface area contributed by atoms with Gasteiger partial charge in [0.25, 0.3) is 0 Å². The zero-order valence-corrected chi connectivity index (χ0v) is 9.90. The molecule has 0 amide bonds. The molecule has 1 aromatic rings. The second kappa shape index (κ2) is 5.32. The minimum Gasteiger partial charge on any atom is -0.490 e. The lowest BCUT2D eigenvalue weighted by Crippen LogP contribution is -2.21. The van der Waals surface area contributed by atoms with Gasteiger partial charge >= 0.3 is 0 Å². The fraction of sp³-hybridized carbons (Fsp3) is 0.538. The van der Waals surface area contributed by atoms with Gasteiger partial charge in [-0.3, -0.25) is 0 Å². The first-order valence-corrected chi connectivity index (χ1v) is 5.76. The van der Waals surface area contributed by atoms with E-state index in [9.17, 15) is 0 Å². The fourth-order valence-corrected chi connectivity index (χ4v) is 1.70. The molecule has 0 spiro atoms. The topological polar surface area (TPSA) is 30.5 Å². The largest absolute Gasteiger partial charge is 0.490 e. The van der Waals surface area contributed by atoms with Crippen LogP contribution in [0, 0.1) is 0 Å². The number of hydrogen-bond acceptors (Lipinski definition) is 3. The summed E-state index contributed by atoms with van der Waals surface area (Å²) in [6.45, 7) is 0.670. The molecule has 1 atom stereocenters. The van der Waals surface area contributed by atoms with Gasteiger partial charge in [-0.25, -0.2) is 0 Å². The molecule has 2 rings (SSSR count). The average molecular weight is 221 g/mol. The van der Waals surface area contributed by atoms with E-state index >= 15 is 0 Å². The van der Waals surface area contributed by atoms with Crippen molar-refractivity contribution in [1.82, 2.24) is 5.32 Å². The lowest BCUT2D eigenvalue weighted by atomic mass is 10.1. The van der Waals surface area contributed by atoms with E-state index in [2.05, 4.69) is 17.4 Å². The van der Waals surface area contributed by atoms with E-state index in [1.807, 2.05) is 19.2 Å². The van der Waals surface area contributed by atoms with Crippen LogP contribution in [0.3, 0.4) is 0 Å². The predicted octanol–water partition coefficient (Wildman–Crippen LogP) is 2.13. The summed E-state index contributed by atoms with van der Waals surface area (Å²) < 4.78 is 10.9. The second-order valence-electron chi connectivity index (χ2n) is 4.19. The van der Waals surface area contributed by atoms with Crippen LogP contribution < -0.4 is 10.1 Å². The highest BCUT2D eigenvalue weighted by atomic mass is 16.5. The maximum Gasteiger partial charge on any atom is 0.120 e. The third-order valence-electron chi connectivity index (χ3n) is 2.77. The Morgan fingerprint density at radius 1 is 1.44 bits per heavy atom. The number of hydrogen-bond donors (Lipinski definition) is 1. The van der Waals surface area contributed by atoms with Crippen LogP contribution in [0.5, 0.6) is 5.75 Å². The molecule has 1 aliphatic rings. The van der Waals surface area contributed by atoms with E-state index in [0.29, 0.717) is 12.7 Å². The van der Waals surface area contributed by atoms with Crippen LogP contribution >= 0.6 is 0 Å². The van der Waals surface area contributed by atoms with Gasteiger partial charge in [-0.15, -0.1) is 0 Å². The maximum absolute atomic E-state index is 5.77. The van der Waals surface area contributed by atoms with Crippen LogP contribution in [0.2, 0.25) is 0 Å². The number of rotatable bonds is 6. The summed E-state index contributed by atoms with van der Waals surface area (Å²) in [5.74, 6) is 0.969. The molecule has 16 heavy (non-hydrogen) atoms. The Morgan fingerprint density at radius 2 is 2.25 bits per heavy atom. The summed E-state index contributed by atoms with van der Waals surface area (Å²) in [4.78, 5) is 0. The summed E-state index contributed by atoms with van der Waals surface area (Å²) in [5.41, 5.74) is 1.21. The molecule has 1 N–H and O–H groups in total. The smallest absolute Gasteiger partial charge is 0.120 e. The molecule has 0 bridgehead atoms. The van der Waals surface area contributed by atoms with Crippen LogP contribution in [-0.2, 0) is 4.74 Å². The molecule has 0 radical (unpaired) electrons. The predicted molar refractivity (Wildman–Crippen MR) is 63.8 cm³/mol. The van der Waals surface area contributed by atoms with E-state index in [1.54, 1.807) is 7.11 Å². The molecule has 1 saturated carbocycles. The Kier molecular flexibility index (Phi) is 3.80. The lowest BCUT2D eigenvalue weighted by Gasteiger charge is -2.16. The second-order valence-corrected chi connectivity index (χ2v) is 4.19. The van der Waals surface area contributed by atoms with Crippen molar-refractivity contribution in [1.29, 1.82) is 0 Å². The van der Waals surface area contributed by atoms with E-state index in [1.165, 1.54) is 18.4 Å². The summed E-state index contributed by atoms with van der Waals surface area (Å²) in [7, 11) is 3.66. The summed E-state index contributed by atoms with van der Waals surface area (Å²) in [6, 6.07) is 8.47. The van der Waals surface area contributed by atoms with Crippen molar-refractivity contribution < 1.29 is 9.47 Å². The Morgan fingerprint density at radius 3 is 2.88 bits per heavy atom. The zero-order chi connectivity index (χ0) is 11.4. The van der Waals surface area contributed by atoms with Gasteiger partial charge < -0.3 is 14.8 Å². The van der Waals surface area contributed by atoms with E-state index in [4.69, 9.17) is 9.47 Å². The van der Waals surface area contributed by atoms with Crippen molar-refractivity contribution in [3.8, 4) is 5.75 Å². The zero-order valence-electron chi connectivity index (χ0n) is 9.90. The van der Waals surface area contributed by atoms with Crippen molar-refractivity contribution in [2.45, 2.75) is 25.0 Å². The standard InChI is InChI=1S/C13H19NO2/c1-14-13(9-15-2)10-4-3-5-12(8-10)16-11-6-7-11/h3-5,8,11,13-14H,6-7,9H2,1-2H3. The molecule has 0 aliphatic heterocycles. The molecule has 0 aromatic heterocycles. The minimum atomic E-state index is 0.229. The van der Waals surface area contributed by atoms with Gasteiger partial charge in [0.2, 0.25) is 0 Å². The van der Waals surface area contributed by atoms with E-state index < -0.39 is 0 Å². The van der Waals surface area contributed by atoms with Gasteiger partial charge in [-0.05, 0) is 37.6 Å². The van der Waals surface area contributed by atoms with Crippen LogP contribution in [0.4, 0.5) is 0 Å². The average Bonchev–Trinajstić information content (AvgIpc) is 3.10. The number of likely N-dealkylation sites (N-methyl/N-ethyl adjacent to an activating group) is 1. The van der Waals surface area contributed by atoms with Gasteiger partial charge in [-0.1, -0.05) is 12.1 Å². The SMILES string of the molecule is CNC(COC)c1cccc(OC2CC2)c1. The third kappa shape index (κ3) is 2.97. The molecule has 1 unspecified atom stereocenters. The maximum atomic E-state index is 5.77. The van der Waals surface area contributed by atoms with Gasteiger partial charge in [0, 0.05) is 7.11 Å². The first-order chi connectivity index (χ1) is 7.83. The van der Waals surface area contributed by atoms with Crippen LogP contribution in [0.25, 0.3) is 0 Å². The van der Waals surface area contributed by atoms with E-state index in [0.717, 1.165) is 5.75 Å². The van der Waals surface area contributed by atoms with Crippen molar-refractivity contribution in [2.75, 3.05) is 20.8 Å². The third-order valence-corrected chi connectivity index (χ3v) is 2.77. The van der Waals surface area contributed by atoms with Crippen LogP contribution in [0.15, 0.2) is 24.3 Å². The molecule has 3 heteroatoms. The number of benzene rings is 1. The Labute approximate surface area is 96.8 Å². The Hall–Kier alpha value is -1.06. The molecule has 1 aromatic carbocycles. The highest BCUT2D eigenvalue weighted by molar-refractivity contribution is 5.31. The first kappa shape index (κ1) is 11.4. The van der Waals surface area contributed by atoms with Gasteiger partial charge in [0.05, 0.1) is 18.8 Å². The van der Waals surface area contributed by atoms with Crippen molar-refractivity contribution >= 4 is 0 Å². The molecule has 88 valence electrons. The molecule has 0 heterocycles. The molecular formula is C13H19NO2. The molecule has 1 fully saturated rings. The Bertz CT molecular complexity index is 336. The first-order valence-electron chi connectivity index (χ1n) is 5.76. The Balaban J connectivity index is 2.06. The highest BCUT2D eigenvalue weighted by Crippen LogP contribution is 2.28. The number of nitrogens with one attached hydrogen (secondary N) is 1. The molecular weight excluding hydrogens is 202 g/mol. The van der Waals surface area contributed by atoms with Crippen molar-refractivity contribution in [3.63, 3.8) is 0 Å². The number of methoxy groups -OCH3 is 1. The van der Waals surface area contributed by atoms with Crippen LogP contribution in [-0.4, -0.2) is 26.9 Å². The van der Waals surface area contributed by atoms with Crippen LogP contribution in [0.1, 0.15) is 24.4 Å². The fourth-order valence-electron chi connectivity index (χ4n) is 1.70. The van der Waals surface area contributed by atoms with Crippen molar-refractivity contribution in [3.05, 3.63) is 29.8 Å².